The molecular weight excluding hydrogens is 665 g/mol. The van der Waals surface area contributed by atoms with Crippen molar-refractivity contribution < 1.29 is 13.3 Å². The van der Waals surface area contributed by atoms with Crippen molar-refractivity contribution in [2.24, 2.45) is 0 Å². The highest BCUT2D eigenvalue weighted by Crippen LogP contribution is 2.41. The van der Waals surface area contributed by atoms with Crippen molar-refractivity contribution in [2.75, 3.05) is 4.90 Å². The molecule has 0 saturated carbocycles. The molecule has 0 spiro atoms. The molecule has 254 valence electrons. The summed E-state index contributed by atoms with van der Waals surface area (Å²) in [5.41, 5.74) is 13.4. The third-order valence-corrected chi connectivity index (χ3v) is 10.3. The number of oxazole rings is 1. The van der Waals surface area contributed by atoms with Gasteiger partial charge in [-0.1, -0.05) is 97.1 Å². The third kappa shape index (κ3) is 4.98. The van der Waals surface area contributed by atoms with Gasteiger partial charge in [-0.2, -0.15) is 0 Å². The average Bonchev–Trinajstić information content (AvgIpc) is 3.95. The highest BCUT2D eigenvalue weighted by molar-refractivity contribution is 6.17. The molecule has 0 aliphatic heterocycles. The summed E-state index contributed by atoms with van der Waals surface area (Å²) in [6, 6.07) is 62.9. The van der Waals surface area contributed by atoms with Gasteiger partial charge in [0.25, 0.3) is 0 Å². The standard InChI is InChI=1S/C49H30N2O3/c1-3-9-31(10-4-1)32-15-20-36(21-16-32)51(38-24-26-40-39-13-7-8-14-43(39)52-46(40)30-38)37-22-17-33(18-23-37)35-19-25-41-45(29-35)53-44-28-27-42-48(47(41)44)54-49(50-42)34-11-5-2-6-12-34/h1-30H. The zero-order valence-electron chi connectivity index (χ0n) is 28.9. The van der Waals surface area contributed by atoms with Crippen molar-refractivity contribution in [1.82, 2.24) is 4.98 Å². The van der Waals surface area contributed by atoms with Gasteiger partial charge in [-0.15, -0.1) is 0 Å². The summed E-state index contributed by atoms with van der Waals surface area (Å²) in [5, 5.41) is 4.16. The fraction of sp³-hybridized carbons (Fsp3) is 0. The van der Waals surface area contributed by atoms with Gasteiger partial charge in [0.15, 0.2) is 5.58 Å². The third-order valence-electron chi connectivity index (χ3n) is 10.3. The number of para-hydroxylation sites is 1. The van der Waals surface area contributed by atoms with Gasteiger partial charge in [-0.05, 0) is 101 Å². The number of rotatable bonds is 6. The lowest BCUT2D eigenvalue weighted by Crippen LogP contribution is -2.09. The summed E-state index contributed by atoms with van der Waals surface area (Å²) in [4.78, 5) is 7.05. The second-order valence-electron chi connectivity index (χ2n) is 13.6. The molecule has 5 heteroatoms. The quantitative estimate of drug-likeness (QED) is 0.173. The first-order valence-electron chi connectivity index (χ1n) is 18.0. The van der Waals surface area contributed by atoms with Crippen LogP contribution in [0.5, 0.6) is 0 Å². The summed E-state index contributed by atoms with van der Waals surface area (Å²) >= 11 is 0. The fourth-order valence-corrected chi connectivity index (χ4v) is 7.67. The van der Waals surface area contributed by atoms with E-state index in [1.807, 2.05) is 60.7 Å². The van der Waals surface area contributed by atoms with Gasteiger partial charge in [0.1, 0.15) is 27.8 Å². The number of hydrogen-bond donors (Lipinski definition) is 0. The van der Waals surface area contributed by atoms with E-state index in [9.17, 15) is 0 Å². The maximum atomic E-state index is 6.41. The van der Waals surface area contributed by atoms with Gasteiger partial charge in [0.2, 0.25) is 5.89 Å². The number of fused-ring (bicyclic) bond motifs is 8. The van der Waals surface area contributed by atoms with E-state index >= 15 is 0 Å². The number of anilines is 3. The molecule has 0 amide bonds. The van der Waals surface area contributed by atoms with E-state index in [4.69, 9.17) is 18.2 Å². The Morgan fingerprint density at radius 2 is 0.907 bits per heavy atom. The Bertz CT molecular complexity index is 3140. The largest absolute Gasteiger partial charge is 0.456 e. The lowest BCUT2D eigenvalue weighted by atomic mass is 10.0. The van der Waals surface area contributed by atoms with E-state index in [1.165, 1.54) is 11.1 Å². The number of furan rings is 2. The Balaban J connectivity index is 0.977. The van der Waals surface area contributed by atoms with Crippen LogP contribution in [0.1, 0.15) is 0 Å². The molecular formula is C49H30N2O3. The number of hydrogen-bond acceptors (Lipinski definition) is 5. The predicted molar refractivity (Wildman–Crippen MR) is 220 cm³/mol. The van der Waals surface area contributed by atoms with Crippen LogP contribution in [0.4, 0.5) is 17.1 Å². The summed E-state index contributed by atoms with van der Waals surface area (Å²) in [6.45, 7) is 0. The van der Waals surface area contributed by atoms with Crippen molar-refractivity contribution in [1.29, 1.82) is 0 Å². The smallest absolute Gasteiger partial charge is 0.227 e. The van der Waals surface area contributed by atoms with E-state index in [0.717, 1.165) is 88.7 Å². The molecule has 11 rings (SSSR count). The summed E-state index contributed by atoms with van der Waals surface area (Å²) in [7, 11) is 0. The topological polar surface area (TPSA) is 55.6 Å². The molecule has 3 aromatic heterocycles. The minimum absolute atomic E-state index is 0.600. The normalized spacial score (nSPS) is 11.7. The Labute approximate surface area is 309 Å². The predicted octanol–water partition coefficient (Wildman–Crippen LogP) is 14.1. The van der Waals surface area contributed by atoms with Gasteiger partial charge in [0, 0.05) is 44.9 Å². The number of nitrogens with zero attached hydrogens (tertiary/aromatic N) is 2. The number of aromatic nitrogens is 1. The van der Waals surface area contributed by atoms with Crippen molar-refractivity contribution in [2.45, 2.75) is 0 Å². The Morgan fingerprint density at radius 3 is 1.67 bits per heavy atom. The average molecular weight is 695 g/mol. The molecule has 0 unspecified atom stereocenters. The lowest BCUT2D eigenvalue weighted by Gasteiger charge is -2.26. The lowest BCUT2D eigenvalue weighted by molar-refractivity contribution is 0.622. The molecule has 0 N–H and O–H groups in total. The molecule has 3 heterocycles. The first-order valence-corrected chi connectivity index (χ1v) is 18.0. The van der Waals surface area contributed by atoms with Crippen LogP contribution in [0.25, 0.3) is 88.7 Å². The molecule has 54 heavy (non-hydrogen) atoms. The monoisotopic (exact) mass is 694 g/mol. The van der Waals surface area contributed by atoms with E-state index in [0.29, 0.717) is 5.89 Å². The molecule has 8 aromatic carbocycles. The summed E-state index contributed by atoms with van der Waals surface area (Å²) in [6.07, 6.45) is 0. The molecule has 0 radical (unpaired) electrons. The van der Waals surface area contributed by atoms with Crippen LogP contribution in [0, 0.1) is 0 Å². The number of benzene rings is 8. The molecule has 0 atom stereocenters. The highest BCUT2D eigenvalue weighted by Gasteiger charge is 2.19. The van der Waals surface area contributed by atoms with Gasteiger partial charge >= 0.3 is 0 Å². The maximum absolute atomic E-state index is 6.41. The molecule has 0 saturated heterocycles. The van der Waals surface area contributed by atoms with E-state index < -0.39 is 0 Å². The minimum atomic E-state index is 0.600. The van der Waals surface area contributed by atoms with Gasteiger partial charge in [-0.3, -0.25) is 0 Å². The van der Waals surface area contributed by atoms with Crippen molar-refractivity contribution in [3.8, 4) is 33.7 Å². The van der Waals surface area contributed by atoms with Crippen LogP contribution in [0.15, 0.2) is 195 Å². The van der Waals surface area contributed by atoms with Gasteiger partial charge < -0.3 is 18.2 Å². The first-order chi connectivity index (χ1) is 26.7. The minimum Gasteiger partial charge on any atom is -0.456 e. The Hall–Kier alpha value is -7.37. The molecule has 0 fully saturated rings. The van der Waals surface area contributed by atoms with Crippen LogP contribution in [-0.4, -0.2) is 4.98 Å². The Kier molecular flexibility index (Phi) is 6.79. The molecule has 0 aliphatic rings. The SMILES string of the molecule is c1ccc(-c2ccc(N(c3ccc(-c4ccc5c(c4)oc4ccc6nc(-c7ccccc7)oc6c45)cc3)c3ccc4c(c3)oc3ccccc34)cc2)cc1. The van der Waals surface area contributed by atoms with Crippen LogP contribution in [0.3, 0.4) is 0 Å². The highest BCUT2D eigenvalue weighted by atomic mass is 16.4. The van der Waals surface area contributed by atoms with Crippen LogP contribution in [-0.2, 0) is 0 Å². The maximum Gasteiger partial charge on any atom is 0.227 e. The molecule has 11 aromatic rings. The fourth-order valence-electron chi connectivity index (χ4n) is 7.67. The van der Waals surface area contributed by atoms with E-state index in [1.54, 1.807) is 0 Å². The zero-order chi connectivity index (χ0) is 35.6. The van der Waals surface area contributed by atoms with Gasteiger partial charge in [0.05, 0.1) is 5.39 Å². The second-order valence-corrected chi connectivity index (χ2v) is 13.6. The van der Waals surface area contributed by atoms with E-state index in [-0.39, 0.29) is 0 Å². The molecule has 0 aliphatic carbocycles. The van der Waals surface area contributed by atoms with Crippen molar-refractivity contribution in [3.05, 3.63) is 182 Å². The van der Waals surface area contributed by atoms with E-state index in [2.05, 4.69) is 126 Å². The molecule has 5 nitrogen and oxygen atoms in total. The summed E-state index contributed by atoms with van der Waals surface area (Å²) < 4.78 is 19.1. The van der Waals surface area contributed by atoms with Crippen LogP contribution >= 0.6 is 0 Å². The van der Waals surface area contributed by atoms with Gasteiger partial charge in [-0.25, -0.2) is 4.98 Å². The van der Waals surface area contributed by atoms with Crippen LogP contribution in [0.2, 0.25) is 0 Å². The first kappa shape index (κ1) is 30.3. The molecule has 0 bridgehead atoms. The second kappa shape index (κ2) is 12.1. The van der Waals surface area contributed by atoms with Crippen LogP contribution < -0.4 is 4.90 Å². The zero-order valence-corrected chi connectivity index (χ0v) is 28.9. The Morgan fingerprint density at radius 1 is 0.352 bits per heavy atom. The van der Waals surface area contributed by atoms with Crippen molar-refractivity contribution in [3.63, 3.8) is 0 Å². The van der Waals surface area contributed by atoms with Crippen molar-refractivity contribution >= 4 is 72.0 Å². The summed E-state index contributed by atoms with van der Waals surface area (Å²) in [5.74, 6) is 0.600.